The number of anilines is 1. The van der Waals surface area contributed by atoms with Gasteiger partial charge < -0.3 is 9.80 Å². The van der Waals surface area contributed by atoms with Gasteiger partial charge in [-0.2, -0.15) is 0 Å². The molecule has 0 aliphatic carbocycles. The van der Waals surface area contributed by atoms with E-state index in [1.54, 1.807) is 23.5 Å². The fourth-order valence-electron chi connectivity index (χ4n) is 4.81. The largest absolute Gasteiger partial charge is 0.368 e. The van der Waals surface area contributed by atoms with Crippen LogP contribution >= 0.6 is 11.3 Å². The average Bonchev–Trinajstić information content (AvgIpc) is 3.43. The lowest BCUT2D eigenvalue weighted by molar-refractivity contribution is 0.0747. The molecule has 0 N–H and O–H groups in total. The second kappa shape index (κ2) is 8.50. The van der Waals surface area contributed by atoms with E-state index >= 15 is 0 Å². The number of imidazole rings is 1. The van der Waals surface area contributed by atoms with Gasteiger partial charge in [0.2, 0.25) is 0 Å². The Kier molecular flexibility index (Phi) is 5.29. The molecule has 1 aliphatic heterocycles. The maximum atomic E-state index is 13.3. The molecule has 0 unspecified atom stereocenters. The van der Waals surface area contributed by atoms with Crippen LogP contribution < -0.4 is 4.90 Å². The van der Waals surface area contributed by atoms with Crippen molar-refractivity contribution in [3.8, 4) is 11.3 Å². The summed E-state index contributed by atoms with van der Waals surface area (Å²) in [5.74, 6) is -0.185. The number of fused-ring (bicyclic) bond motifs is 3. The highest BCUT2D eigenvalue weighted by molar-refractivity contribution is 7.23. The van der Waals surface area contributed by atoms with Crippen LogP contribution in [-0.2, 0) is 0 Å². The number of hydrogen-bond acceptors (Lipinski definition) is 4. The fourth-order valence-corrected chi connectivity index (χ4v) is 5.85. The van der Waals surface area contributed by atoms with Crippen LogP contribution in [0.3, 0.4) is 0 Å². The molecule has 5 nitrogen and oxygen atoms in total. The molecule has 0 bridgehead atoms. The average molecular weight is 485 g/mol. The Bertz CT molecular complexity index is 1560. The number of amides is 1. The van der Waals surface area contributed by atoms with Crippen LogP contribution in [0.2, 0.25) is 0 Å². The van der Waals surface area contributed by atoms with Crippen molar-refractivity contribution in [1.82, 2.24) is 14.3 Å². The molecular weight excluding hydrogens is 459 g/mol. The van der Waals surface area contributed by atoms with Gasteiger partial charge in [0.1, 0.15) is 5.82 Å². The Labute approximate surface area is 207 Å². The molecule has 176 valence electrons. The fraction of sp³-hybridized carbons (Fsp3) is 0.214. The summed E-state index contributed by atoms with van der Waals surface area (Å²) in [5.41, 5.74) is 7.27. The topological polar surface area (TPSA) is 40.8 Å². The first-order valence-corrected chi connectivity index (χ1v) is 12.6. The number of rotatable bonds is 3. The normalized spacial score (nSPS) is 14.3. The van der Waals surface area contributed by atoms with Crippen LogP contribution in [0, 0.1) is 19.7 Å². The Hall–Kier alpha value is -3.71. The molecule has 1 amide bonds. The SMILES string of the molecule is Cc1cccc(N2CCN(C(=O)c3ccc4c(c3)sc3nc(-c5ccc(F)cc5)cn34)CC2)c1C. The number of aromatic nitrogens is 2. The van der Waals surface area contributed by atoms with Crippen LogP contribution in [-0.4, -0.2) is 46.4 Å². The second-order valence-electron chi connectivity index (χ2n) is 9.07. The predicted octanol–water partition coefficient (Wildman–Crippen LogP) is 5.93. The summed E-state index contributed by atoms with van der Waals surface area (Å²) in [7, 11) is 0. The number of benzene rings is 3. The van der Waals surface area contributed by atoms with Gasteiger partial charge >= 0.3 is 0 Å². The van der Waals surface area contributed by atoms with Crippen molar-refractivity contribution in [3.05, 3.63) is 89.4 Å². The Morgan fingerprint density at radius 2 is 1.74 bits per heavy atom. The van der Waals surface area contributed by atoms with E-state index in [0.29, 0.717) is 18.7 Å². The van der Waals surface area contributed by atoms with Crippen LogP contribution in [0.4, 0.5) is 10.1 Å². The van der Waals surface area contributed by atoms with Crippen LogP contribution in [0.15, 0.2) is 66.9 Å². The number of piperazine rings is 1. The van der Waals surface area contributed by atoms with Gasteiger partial charge in [-0.15, -0.1) is 0 Å². The van der Waals surface area contributed by atoms with Crippen molar-refractivity contribution in [2.24, 2.45) is 0 Å². The number of halogens is 1. The summed E-state index contributed by atoms with van der Waals surface area (Å²) in [5, 5.41) is 0. The van der Waals surface area contributed by atoms with Gasteiger partial charge in [0.15, 0.2) is 4.96 Å². The highest BCUT2D eigenvalue weighted by atomic mass is 32.1. The van der Waals surface area contributed by atoms with Crippen LogP contribution in [0.1, 0.15) is 21.5 Å². The Balaban J connectivity index is 1.21. The first-order valence-electron chi connectivity index (χ1n) is 11.8. The van der Waals surface area contributed by atoms with Gasteiger partial charge in [0, 0.05) is 49.2 Å². The standard InChI is InChI=1S/C28H25FN4OS/c1-18-4-3-5-24(19(18)2)31-12-14-32(15-13-31)27(34)21-8-11-25-26(16-21)35-28-30-23(17-33(25)28)20-6-9-22(29)10-7-20/h3-11,16-17H,12-15H2,1-2H3. The lowest BCUT2D eigenvalue weighted by Crippen LogP contribution is -2.49. The van der Waals surface area contributed by atoms with Crippen molar-refractivity contribution >= 4 is 38.1 Å². The monoisotopic (exact) mass is 484 g/mol. The van der Waals surface area contributed by atoms with Gasteiger partial charge in [0.25, 0.3) is 5.91 Å². The van der Waals surface area contributed by atoms with Gasteiger partial charge in [0.05, 0.1) is 15.9 Å². The number of carbonyl (C=O) groups excluding carboxylic acids is 1. The van der Waals surface area contributed by atoms with E-state index in [9.17, 15) is 9.18 Å². The Morgan fingerprint density at radius 1 is 0.971 bits per heavy atom. The number of thiazole rings is 1. The van der Waals surface area contributed by atoms with E-state index in [4.69, 9.17) is 4.98 Å². The van der Waals surface area contributed by atoms with Gasteiger partial charge in [-0.05, 0) is 73.5 Å². The van der Waals surface area contributed by atoms with E-state index < -0.39 is 0 Å². The van der Waals surface area contributed by atoms with E-state index in [2.05, 4.69) is 36.9 Å². The molecule has 35 heavy (non-hydrogen) atoms. The quantitative estimate of drug-likeness (QED) is 0.319. The van der Waals surface area contributed by atoms with Crippen molar-refractivity contribution in [2.45, 2.75) is 13.8 Å². The summed E-state index contributed by atoms with van der Waals surface area (Å²) in [6.45, 7) is 7.38. The minimum atomic E-state index is -0.260. The zero-order chi connectivity index (χ0) is 24.1. The number of carbonyl (C=O) groups is 1. The molecule has 0 radical (unpaired) electrons. The molecule has 0 atom stereocenters. The van der Waals surface area contributed by atoms with Crippen molar-refractivity contribution < 1.29 is 9.18 Å². The highest BCUT2D eigenvalue weighted by Crippen LogP contribution is 2.31. The molecule has 5 aromatic rings. The van der Waals surface area contributed by atoms with E-state index in [1.165, 1.54) is 28.9 Å². The van der Waals surface area contributed by atoms with E-state index in [1.807, 2.05) is 33.7 Å². The zero-order valence-corrected chi connectivity index (χ0v) is 20.5. The molecule has 3 aromatic carbocycles. The molecule has 7 heteroatoms. The Morgan fingerprint density at radius 3 is 2.51 bits per heavy atom. The first-order chi connectivity index (χ1) is 17.0. The van der Waals surface area contributed by atoms with E-state index in [0.717, 1.165) is 39.5 Å². The highest BCUT2D eigenvalue weighted by Gasteiger charge is 2.24. The predicted molar refractivity (Wildman–Crippen MR) is 140 cm³/mol. The summed E-state index contributed by atoms with van der Waals surface area (Å²) in [6.07, 6.45) is 1.97. The summed E-state index contributed by atoms with van der Waals surface area (Å²) in [4.78, 5) is 23.2. The third kappa shape index (κ3) is 3.86. The molecular formula is C28H25FN4OS. The summed E-state index contributed by atoms with van der Waals surface area (Å²) < 4.78 is 16.3. The third-order valence-corrected chi connectivity index (χ3v) is 7.98. The van der Waals surface area contributed by atoms with Crippen molar-refractivity contribution in [1.29, 1.82) is 0 Å². The molecule has 3 heterocycles. The zero-order valence-electron chi connectivity index (χ0n) is 19.7. The summed E-state index contributed by atoms with van der Waals surface area (Å²) in [6, 6.07) is 18.7. The molecule has 1 saturated heterocycles. The van der Waals surface area contributed by atoms with Gasteiger partial charge in [-0.1, -0.05) is 23.5 Å². The maximum Gasteiger partial charge on any atom is 0.254 e. The molecule has 1 fully saturated rings. The van der Waals surface area contributed by atoms with Crippen molar-refractivity contribution in [3.63, 3.8) is 0 Å². The molecule has 6 rings (SSSR count). The third-order valence-electron chi connectivity index (χ3n) is 6.96. The first kappa shape index (κ1) is 21.8. The smallest absolute Gasteiger partial charge is 0.254 e. The molecule has 2 aromatic heterocycles. The minimum Gasteiger partial charge on any atom is -0.368 e. The number of hydrogen-bond donors (Lipinski definition) is 0. The van der Waals surface area contributed by atoms with Gasteiger partial charge in [-0.25, -0.2) is 9.37 Å². The van der Waals surface area contributed by atoms with E-state index in [-0.39, 0.29) is 11.7 Å². The van der Waals surface area contributed by atoms with Crippen LogP contribution in [0.25, 0.3) is 26.4 Å². The van der Waals surface area contributed by atoms with Crippen LogP contribution in [0.5, 0.6) is 0 Å². The lowest BCUT2D eigenvalue weighted by Gasteiger charge is -2.37. The second-order valence-corrected chi connectivity index (χ2v) is 10.1. The molecule has 0 spiro atoms. The molecule has 1 aliphatic rings. The number of aryl methyl sites for hydroxylation is 1. The van der Waals surface area contributed by atoms with Gasteiger partial charge in [-0.3, -0.25) is 9.20 Å². The number of nitrogens with zero attached hydrogens (tertiary/aromatic N) is 4. The minimum absolute atomic E-state index is 0.0746. The lowest BCUT2D eigenvalue weighted by atomic mass is 10.1. The van der Waals surface area contributed by atoms with Crippen molar-refractivity contribution in [2.75, 3.05) is 31.1 Å². The molecule has 0 saturated carbocycles. The maximum absolute atomic E-state index is 13.3. The summed E-state index contributed by atoms with van der Waals surface area (Å²) >= 11 is 1.56.